The van der Waals surface area contributed by atoms with E-state index in [1.54, 1.807) is 23.5 Å². The van der Waals surface area contributed by atoms with Crippen molar-refractivity contribution in [2.75, 3.05) is 27.4 Å². The van der Waals surface area contributed by atoms with Gasteiger partial charge in [-0.25, -0.2) is 4.79 Å². The quantitative estimate of drug-likeness (QED) is 0.420. The second-order valence-corrected chi connectivity index (χ2v) is 6.53. The minimum absolute atomic E-state index is 0.0837. The van der Waals surface area contributed by atoms with Gasteiger partial charge in [0.2, 0.25) is 0 Å². The number of esters is 1. The van der Waals surface area contributed by atoms with Crippen molar-refractivity contribution in [1.82, 2.24) is 15.6 Å². The topological polar surface area (TPSA) is 98.8 Å². The zero-order valence-electron chi connectivity index (χ0n) is 17.8. The van der Waals surface area contributed by atoms with Crippen LogP contribution in [0.15, 0.2) is 42.7 Å². The van der Waals surface area contributed by atoms with Crippen LogP contribution in [0.5, 0.6) is 11.5 Å². The highest BCUT2D eigenvalue weighted by Gasteiger charge is 2.63. The third-order valence-electron chi connectivity index (χ3n) is 4.48. The summed E-state index contributed by atoms with van der Waals surface area (Å²) in [5.74, 6) is -1.94. The Hall–Kier alpha value is -3.34. The lowest BCUT2D eigenvalue weighted by Gasteiger charge is -2.34. The molecule has 1 atom stereocenters. The van der Waals surface area contributed by atoms with E-state index in [0.29, 0.717) is 17.1 Å². The van der Waals surface area contributed by atoms with Gasteiger partial charge in [0.25, 0.3) is 11.6 Å². The molecular formula is C21H24F3N3O5. The van der Waals surface area contributed by atoms with E-state index in [9.17, 15) is 22.8 Å². The maximum atomic E-state index is 14.1. The van der Waals surface area contributed by atoms with E-state index in [1.807, 2.05) is 0 Å². The van der Waals surface area contributed by atoms with E-state index in [2.05, 4.69) is 15.0 Å². The average Bonchev–Trinajstić information content (AvgIpc) is 2.78. The molecule has 2 N–H and O–H groups in total. The number of pyridine rings is 1. The van der Waals surface area contributed by atoms with Gasteiger partial charge in [-0.15, -0.1) is 0 Å². The fourth-order valence-corrected chi connectivity index (χ4v) is 2.86. The summed E-state index contributed by atoms with van der Waals surface area (Å²) in [6, 6.07) is 7.53. The van der Waals surface area contributed by atoms with Crippen LogP contribution >= 0.6 is 0 Å². The predicted octanol–water partition coefficient (Wildman–Crippen LogP) is 2.48. The van der Waals surface area contributed by atoms with Crippen LogP contribution < -0.4 is 20.1 Å². The summed E-state index contributed by atoms with van der Waals surface area (Å²) in [7, 11) is 2.89. The number of hydrogen-bond acceptors (Lipinski definition) is 7. The number of alkyl halides is 3. The van der Waals surface area contributed by atoms with Crippen LogP contribution in [0.2, 0.25) is 0 Å². The Balaban J connectivity index is 2.29. The van der Waals surface area contributed by atoms with Crippen molar-refractivity contribution in [2.45, 2.75) is 25.2 Å². The summed E-state index contributed by atoms with van der Waals surface area (Å²) in [4.78, 5) is 28.6. The SMILES string of the molecule is CCOC(=O)[C@@](NCCc1ccc(OC)c(OC)c1)(NC(=O)c1cccnc1)C(F)(F)F. The van der Waals surface area contributed by atoms with E-state index in [-0.39, 0.29) is 25.1 Å². The Bertz CT molecular complexity index is 925. The van der Waals surface area contributed by atoms with Gasteiger partial charge in [0, 0.05) is 18.9 Å². The molecule has 174 valence electrons. The zero-order chi connectivity index (χ0) is 23.8. The smallest absolute Gasteiger partial charge is 0.436 e. The van der Waals surface area contributed by atoms with Gasteiger partial charge in [-0.2, -0.15) is 13.2 Å². The Morgan fingerprint density at radius 2 is 1.81 bits per heavy atom. The standard InChI is InChI=1S/C21H24F3N3O5/c1-4-32-19(29)20(21(22,23)24,27-18(28)15-6-5-10-25-13-15)26-11-9-14-7-8-16(30-2)17(12-14)31-3/h5-8,10,12-13,26H,4,9,11H2,1-3H3,(H,27,28)/t20-/m1/s1. The number of aromatic nitrogens is 1. The van der Waals surface area contributed by atoms with Gasteiger partial charge in [0.05, 0.1) is 26.4 Å². The molecule has 0 saturated heterocycles. The molecule has 2 aromatic rings. The van der Waals surface area contributed by atoms with Crippen LogP contribution in [0, 0.1) is 0 Å². The average molecular weight is 455 g/mol. The van der Waals surface area contributed by atoms with Gasteiger partial charge in [0.1, 0.15) is 0 Å². The fourth-order valence-electron chi connectivity index (χ4n) is 2.86. The van der Waals surface area contributed by atoms with Gasteiger partial charge in [-0.1, -0.05) is 6.07 Å². The Labute approximate surface area is 183 Å². The van der Waals surface area contributed by atoms with E-state index >= 15 is 0 Å². The first-order valence-electron chi connectivity index (χ1n) is 9.61. The lowest BCUT2D eigenvalue weighted by Crippen LogP contribution is -2.73. The molecule has 1 heterocycles. The number of carbonyl (C=O) groups excluding carboxylic acids is 2. The molecule has 0 radical (unpaired) electrons. The van der Waals surface area contributed by atoms with Gasteiger partial charge in [-0.05, 0) is 43.2 Å². The summed E-state index contributed by atoms with van der Waals surface area (Å²) in [5.41, 5.74) is -2.98. The van der Waals surface area contributed by atoms with Crippen molar-refractivity contribution >= 4 is 11.9 Å². The number of nitrogens with zero attached hydrogens (tertiary/aromatic N) is 1. The molecule has 0 spiro atoms. The third-order valence-corrected chi connectivity index (χ3v) is 4.48. The number of hydrogen-bond donors (Lipinski definition) is 2. The molecule has 0 aliphatic rings. The monoisotopic (exact) mass is 455 g/mol. The molecule has 32 heavy (non-hydrogen) atoms. The van der Waals surface area contributed by atoms with Gasteiger partial charge < -0.3 is 19.5 Å². The van der Waals surface area contributed by atoms with Crippen LogP contribution in [0.25, 0.3) is 0 Å². The number of methoxy groups -OCH3 is 2. The molecule has 0 saturated carbocycles. The second-order valence-electron chi connectivity index (χ2n) is 6.53. The predicted molar refractivity (Wildman–Crippen MR) is 108 cm³/mol. The molecule has 1 aromatic carbocycles. The molecule has 1 amide bonds. The highest BCUT2D eigenvalue weighted by molar-refractivity contribution is 5.98. The largest absolute Gasteiger partial charge is 0.493 e. The van der Waals surface area contributed by atoms with Crippen LogP contribution in [-0.4, -0.2) is 56.1 Å². The zero-order valence-corrected chi connectivity index (χ0v) is 17.8. The van der Waals surface area contributed by atoms with Gasteiger partial charge in [-0.3, -0.25) is 15.1 Å². The molecule has 0 bridgehead atoms. The molecular weight excluding hydrogens is 431 g/mol. The highest BCUT2D eigenvalue weighted by atomic mass is 19.4. The van der Waals surface area contributed by atoms with Crippen LogP contribution in [0.1, 0.15) is 22.8 Å². The Kier molecular flexibility index (Phi) is 8.41. The molecule has 2 rings (SSSR count). The fraction of sp³-hybridized carbons (Fsp3) is 0.381. The molecule has 0 unspecified atom stereocenters. The maximum Gasteiger partial charge on any atom is 0.436 e. The van der Waals surface area contributed by atoms with Gasteiger partial charge in [0.15, 0.2) is 11.5 Å². The molecule has 8 nitrogen and oxygen atoms in total. The molecule has 1 aromatic heterocycles. The van der Waals surface area contributed by atoms with Crippen LogP contribution in [0.4, 0.5) is 13.2 Å². The van der Waals surface area contributed by atoms with Gasteiger partial charge >= 0.3 is 12.1 Å². The lowest BCUT2D eigenvalue weighted by molar-refractivity contribution is -0.218. The minimum atomic E-state index is -5.20. The lowest BCUT2D eigenvalue weighted by atomic mass is 10.1. The van der Waals surface area contributed by atoms with Crippen molar-refractivity contribution < 1.29 is 37.0 Å². The van der Waals surface area contributed by atoms with E-state index in [1.165, 1.54) is 39.5 Å². The van der Waals surface area contributed by atoms with Crippen LogP contribution in [0.3, 0.4) is 0 Å². The van der Waals surface area contributed by atoms with Crippen molar-refractivity contribution in [1.29, 1.82) is 0 Å². The van der Waals surface area contributed by atoms with Crippen molar-refractivity contribution in [3.63, 3.8) is 0 Å². The summed E-state index contributed by atoms with van der Waals surface area (Å²) in [5, 5.41) is 3.91. The number of halogens is 3. The number of carbonyl (C=O) groups is 2. The van der Waals surface area contributed by atoms with Crippen molar-refractivity contribution in [3.05, 3.63) is 53.9 Å². The Morgan fingerprint density at radius 3 is 2.38 bits per heavy atom. The van der Waals surface area contributed by atoms with E-state index in [4.69, 9.17) is 9.47 Å². The second kappa shape index (κ2) is 10.8. The summed E-state index contributed by atoms with van der Waals surface area (Å²) >= 11 is 0. The van der Waals surface area contributed by atoms with Crippen molar-refractivity contribution in [3.8, 4) is 11.5 Å². The molecule has 0 aliphatic heterocycles. The first-order valence-corrected chi connectivity index (χ1v) is 9.61. The maximum absolute atomic E-state index is 14.1. The molecule has 11 heteroatoms. The number of amides is 1. The van der Waals surface area contributed by atoms with E-state index in [0.717, 1.165) is 6.20 Å². The number of rotatable bonds is 10. The first-order chi connectivity index (χ1) is 15.2. The highest BCUT2D eigenvalue weighted by Crippen LogP contribution is 2.31. The van der Waals surface area contributed by atoms with E-state index < -0.39 is 23.7 Å². The summed E-state index contributed by atoms with van der Waals surface area (Å²) in [6.45, 7) is 0.740. The normalized spacial score (nSPS) is 13.1. The van der Waals surface area contributed by atoms with Crippen molar-refractivity contribution in [2.24, 2.45) is 0 Å². The summed E-state index contributed by atoms with van der Waals surface area (Å²) in [6.07, 6.45) is -2.67. The van der Waals surface area contributed by atoms with Crippen LogP contribution in [-0.2, 0) is 16.0 Å². The number of benzene rings is 1. The number of ether oxygens (including phenoxy) is 3. The minimum Gasteiger partial charge on any atom is -0.493 e. The third kappa shape index (κ3) is 5.67. The molecule has 0 aliphatic carbocycles. The Morgan fingerprint density at radius 1 is 1.09 bits per heavy atom. The summed E-state index contributed by atoms with van der Waals surface area (Å²) < 4.78 is 57.4. The first kappa shape index (κ1) is 24.9. The number of nitrogens with one attached hydrogen (secondary N) is 2. The molecule has 0 fully saturated rings.